The van der Waals surface area contributed by atoms with Crippen molar-refractivity contribution in [3.05, 3.63) is 66.8 Å². The van der Waals surface area contributed by atoms with Gasteiger partial charge in [-0.2, -0.15) is 0 Å². The van der Waals surface area contributed by atoms with Crippen LogP contribution in [0.3, 0.4) is 0 Å². The zero-order chi connectivity index (χ0) is 20.9. The van der Waals surface area contributed by atoms with E-state index >= 15 is 0 Å². The summed E-state index contributed by atoms with van der Waals surface area (Å²) >= 11 is 0. The minimum absolute atomic E-state index is 0.478. The van der Waals surface area contributed by atoms with Gasteiger partial charge in [0.05, 0.1) is 11.4 Å². The van der Waals surface area contributed by atoms with Gasteiger partial charge in [0.15, 0.2) is 5.65 Å². The van der Waals surface area contributed by atoms with E-state index in [4.69, 9.17) is 0 Å². The number of aryl methyl sites for hydroxylation is 1. The van der Waals surface area contributed by atoms with Gasteiger partial charge in [0.25, 0.3) is 0 Å². The Morgan fingerprint density at radius 1 is 0.893 bits per heavy atom. The SMILES string of the molecule is CC.CC.CCC(C)c1nccn2ccnc12.CCc1cn2ccccc2n1. The molecule has 1 unspecified atom stereocenters. The third kappa shape index (κ3) is 5.91. The van der Waals surface area contributed by atoms with E-state index < -0.39 is 0 Å². The van der Waals surface area contributed by atoms with E-state index in [1.165, 1.54) is 0 Å². The van der Waals surface area contributed by atoms with Crippen LogP contribution in [-0.2, 0) is 6.42 Å². The van der Waals surface area contributed by atoms with Crippen LogP contribution < -0.4 is 0 Å². The van der Waals surface area contributed by atoms with Crippen molar-refractivity contribution in [2.45, 2.75) is 67.2 Å². The average molecular weight is 382 g/mol. The van der Waals surface area contributed by atoms with Crippen molar-refractivity contribution in [2.75, 3.05) is 0 Å². The fraction of sp³-hybridized carbons (Fsp3) is 0.435. The van der Waals surface area contributed by atoms with Crippen LogP contribution in [0.5, 0.6) is 0 Å². The Kier molecular flexibility index (Phi) is 10.6. The Hall–Kier alpha value is -2.69. The first kappa shape index (κ1) is 23.3. The molecular weight excluding hydrogens is 346 g/mol. The maximum atomic E-state index is 4.39. The molecule has 0 fully saturated rings. The van der Waals surface area contributed by atoms with Gasteiger partial charge in [0, 0.05) is 43.1 Å². The molecule has 28 heavy (non-hydrogen) atoms. The van der Waals surface area contributed by atoms with Crippen molar-refractivity contribution in [3.8, 4) is 0 Å². The van der Waals surface area contributed by atoms with Crippen molar-refractivity contribution in [1.82, 2.24) is 23.8 Å². The molecular formula is C23H35N5. The van der Waals surface area contributed by atoms with Gasteiger partial charge in [-0.15, -0.1) is 0 Å². The molecule has 1 atom stereocenters. The molecule has 4 rings (SSSR count). The fourth-order valence-corrected chi connectivity index (χ4v) is 2.57. The number of aromatic nitrogens is 5. The van der Waals surface area contributed by atoms with Gasteiger partial charge in [0.1, 0.15) is 5.65 Å². The molecule has 4 heterocycles. The molecule has 4 aromatic rings. The van der Waals surface area contributed by atoms with Gasteiger partial charge in [-0.3, -0.25) is 4.98 Å². The molecule has 0 spiro atoms. The topological polar surface area (TPSA) is 47.5 Å². The maximum Gasteiger partial charge on any atom is 0.158 e. The lowest BCUT2D eigenvalue weighted by Gasteiger charge is -2.07. The van der Waals surface area contributed by atoms with Crippen LogP contribution in [0.25, 0.3) is 11.3 Å². The van der Waals surface area contributed by atoms with E-state index in [1.54, 1.807) is 0 Å². The molecule has 0 bridgehead atoms. The molecule has 0 radical (unpaired) electrons. The lowest BCUT2D eigenvalue weighted by atomic mass is 10.1. The summed E-state index contributed by atoms with van der Waals surface area (Å²) in [7, 11) is 0. The van der Waals surface area contributed by atoms with Crippen molar-refractivity contribution in [2.24, 2.45) is 0 Å². The third-order valence-electron chi connectivity index (χ3n) is 4.19. The van der Waals surface area contributed by atoms with Gasteiger partial charge >= 0.3 is 0 Å². The van der Waals surface area contributed by atoms with E-state index in [0.29, 0.717) is 5.92 Å². The second-order valence-electron chi connectivity index (χ2n) is 5.83. The van der Waals surface area contributed by atoms with Crippen molar-refractivity contribution >= 4 is 11.3 Å². The zero-order valence-electron chi connectivity index (χ0n) is 18.4. The Balaban J connectivity index is 0.000000240. The molecule has 0 aliphatic heterocycles. The second-order valence-corrected chi connectivity index (χ2v) is 5.83. The number of hydrogen-bond donors (Lipinski definition) is 0. The minimum Gasteiger partial charge on any atom is -0.307 e. The first-order chi connectivity index (χ1) is 13.7. The van der Waals surface area contributed by atoms with Crippen molar-refractivity contribution < 1.29 is 0 Å². The fourth-order valence-electron chi connectivity index (χ4n) is 2.57. The minimum atomic E-state index is 0.478. The standard InChI is InChI=1S/C10H13N3.C9H10N2.2C2H6/c1-3-8(2)9-10-12-5-7-13(10)6-4-11-9;1-2-8-7-11-6-4-3-5-9(11)10-8;2*1-2/h4-8H,3H2,1-2H3;3-7H,2H2,1H3;2*1-2H3. The van der Waals surface area contributed by atoms with Gasteiger partial charge in [-0.05, 0) is 25.0 Å². The monoisotopic (exact) mass is 381 g/mol. The average Bonchev–Trinajstić information content (AvgIpc) is 3.42. The Bertz CT molecular complexity index is 890. The summed E-state index contributed by atoms with van der Waals surface area (Å²) in [6.45, 7) is 14.5. The lowest BCUT2D eigenvalue weighted by molar-refractivity contribution is 0.707. The summed E-state index contributed by atoms with van der Waals surface area (Å²) in [5, 5.41) is 0. The highest BCUT2D eigenvalue weighted by Gasteiger charge is 2.09. The van der Waals surface area contributed by atoms with Gasteiger partial charge < -0.3 is 8.80 Å². The van der Waals surface area contributed by atoms with Gasteiger partial charge in [0.2, 0.25) is 0 Å². The molecule has 5 nitrogen and oxygen atoms in total. The van der Waals surface area contributed by atoms with Crippen molar-refractivity contribution in [3.63, 3.8) is 0 Å². The highest BCUT2D eigenvalue weighted by Crippen LogP contribution is 2.19. The molecule has 0 saturated carbocycles. The van der Waals surface area contributed by atoms with Gasteiger partial charge in [-0.1, -0.05) is 54.5 Å². The van der Waals surface area contributed by atoms with Gasteiger partial charge in [-0.25, -0.2) is 9.97 Å². The summed E-state index contributed by atoms with van der Waals surface area (Å²) in [5.41, 5.74) is 4.26. The van der Waals surface area contributed by atoms with E-state index in [0.717, 1.165) is 35.5 Å². The number of nitrogens with zero attached hydrogens (tertiary/aromatic N) is 5. The lowest BCUT2D eigenvalue weighted by Crippen LogP contribution is -1.99. The molecule has 5 heteroatoms. The summed E-state index contributed by atoms with van der Waals surface area (Å²) in [6.07, 6.45) is 13.7. The van der Waals surface area contributed by atoms with Crippen LogP contribution in [0, 0.1) is 0 Å². The Morgan fingerprint density at radius 2 is 1.57 bits per heavy atom. The molecule has 0 aromatic carbocycles. The van der Waals surface area contributed by atoms with Crippen molar-refractivity contribution in [1.29, 1.82) is 0 Å². The highest BCUT2D eigenvalue weighted by atomic mass is 15.0. The molecule has 152 valence electrons. The van der Waals surface area contributed by atoms with E-state index in [9.17, 15) is 0 Å². The van der Waals surface area contributed by atoms with Crippen LogP contribution in [-0.4, -0.2) is 23.8 Å². The summed E-state index contributed by atoms with van der Waals surface area (Å²) < 4.78 is 4.05. The zero-order valence-corrected chi connectivity index (χ0v) is 18.4. The number of rotatable bonds is 3. The Morgan fingerprint density at radius 3 is 2.18 bits per heavy atom. The largest absolute Gasteiger partial charge is 0.307 e. The Labute approximate surface area is 169 Å². The van der Waals surface area contributed by atoms with E-state index in [1.807, 2.05) is 85.7 Å². The third-order valence-corrected chi connectivity index (χ3v) is 4.19. The summed E-state index contributed by atoms with van der Waals surface area (Å²) in [6, 6.07) is 6.02. The van der Waals surface area contributed by atoms with E-state index in [2.05, 4.69) is 41.9 Å². The van der Waals surface area contributed by atoms with Crippen LogP contribution in [0.1, 0.15) is 72.2 Å². The number of fused-ring (bicyclic) bond motifs is 2. The molecule has 0 amide bonds. The normalized spacial score (nSPS) is 10.8. The predicted molar refractivity (Wildman–Crippen MR) is 119 cm³/mol. The second kappa shape index (κ2) is 12.7. The van der Waals surface area contributed by atoms with Crippen LogP contribution in [0.15, 0.2) is 55.4 Å². The molecule has 4 aromatic heterocycles. The maximum absolute atomic E-state index is 4.39. The number of imidazole rings is 2. The first-order valence-electron chi connectivity index (χ1n) is 10.4. The first-order valence-corrected chi connectivity index (χ1v) is 10.4. The number of hydrogen-bond acceptors (Lipinski definition) is 3. The molecule has 0 N–H and O–H groups in total. The quantitative estimate of drug-likeness (QED) is 0.425. The predicted octanol–water partition coefficient (Wildman–Crippen LogP) is 6.19. The molecule has 0 aliphatic rings. The van der Waals surface area contributed by atoms with E-state index in [-0.39, 0.29) is 0 Å². The molecule has 0 aliphatic carbocycles. The summed E-state index contributed by atoms with van der Waals surface area (Å²) in [4.78, 5) is 13.0. The number of pyridine rings is 1. The van der Waals surface area contributed by atoms with Crippen LogP contribution in [0.4, 0.5) is 0 Å². The molecule has 0 saturated heterocycles. The van der Waals surface area contributed by atoms with Crippen LogP contribution in [0.2, 0.25) is 0 Å². The van der Waals surface area contributed by atoms with Crippen LogP contribution >= 0.6 is 0 Å². The highest BCUT2D eigenvalue weighted by molar-refractivity contribution is 5.45. The summed E-state index contributed by atoms with van der Waals surface area (Å²) in [5.74, 6) is 0.478. The smallest absolute Gasteiger partial charge is 0.158 e.